The van der Waals surface area contributed by atoms with Crippen LogP contribution in [-0.2, 0) is 4.79 Å². The van der Waals surface area contributed by atoms with Gasteiger partial charge in [0.25, 0.3) is 5.91 Å². The van der Waals surface area contributed by atoms with Crippen molar-refractivity contribution in [2.45, 2.75) is 44.7 Å². The average Bonchev–Trinajstić information content (AvgIpc) is 3.24. The van der Waals surface area contributed by atoms with Gasteiger partial charge >= 0.3 is 5.97 Å². The molecule has 1 fully saturated rings. The largest absolute Gasteiger partial charge is 0.480 e. The molecule has 1 aromatic carbocycles. The van der Waals surface area contributed by atoms with Crippen LogP contribution in [0.5, 0.6) is 0 Å². The molecule has 0 bridgehead atoms. The van der Waals surface area contributed by atoms with Gasteiger partial charge in [-0.15, -0.1) is 0 Å². The van der Waals surface area contributed by atoms with Crippen LogP contribution in [-0.4, -0.2) is 32.8 Å². The minimum atomic E-state index is -1.06. The van der Waals surface area contributed by atoms with Gasteiger partial charge in [0.05, 0.1) is 23.5 Å². The Morgan fingerprint density at radius 1 is 1.25 bits per heavy atom. The summed E-state index contributed by atoms with van der Waals surface area (Å²) in [5.74, 6) is -1.47. The number of aliphatic carboxylic acids is 1. The highest BCUT2D eigenvalue weighted by Gasteiger charge is 2.26. The Morgan fingerprint density at radius 2 is 1.92 bits per heavy atom. The third kappa shape index (κ3) is 3.18. The lowest BCUT2D eigenvalue weighted by molar-refractivity contribution is -0.138. The lowest BCUT2D eigenvalue weighted by Gasteiger charge is -2.16. The molecule has 24 heavy (non-hydrogen) atoms. The van der Waals surface area contributed by atoms with Crippen LogP contribution in [0.2, 0.25) is 0 Å². The van der Waals surface area contributed by atoms with E-state index < -0.39 is 17.9 Å². The molecule has 2 aromatic rings. The standard InChI is InChI=1S/C18H21N3O3/c1-12(18(23)24)20-17(22)15-11-19-21(14-9-5-6-10-14)16(15)13-7-3-2-4-8-13/h2-4,7-8,11-12,14H,5-6,9-10H2,1H3,(H,20,22)(H,23,24)/t12-/m1/s1. The van der Waals surface area contributed by atoms with Gasteiger partial charge in [-0.1, -0.05) is 43.2 Å². The molecule has 2 N–H and O–H groups in total. The molecule has 1 heterocycles. The zero-order chi connectivity index (χ0) is 17.1. The number of benzene rings is 1. The van der Waals surface area contributed by atoms with Crippen LogP contribution in [0.3, 0.4) is 0 Å². The van der Waals surface area contributed by atoms with E-state index >= 15 is 0 Å². The zero-order valence-corrected chi connectivity index (χ0v) is 13.6. The number of carboxylic acids is 1. The van der Waals surface area contributed by atoms with Gasteiger partial charge in [0, 0.05) is 5.56 Å². The van der Waals surface area contributed by atoms with Crippen molar-refractivity contribution < 1.29 is 14.7 Å². The lowest BCUT2D eigenvalue weighted by Crippen LogP contribution is -2.38. The molecule has 0 aliphatic heterocycles. The molecule has 0 saturated heterocycles. The van der Waals surface area contributed by atoms with E-state index in [-0.39, 0.29) is 0 Å². The van der Waals surface area contributed by atoms with Crippen LogP contribution in [0.15, 0.2) is 36.5 Å². The van der Waals surface area contributed by atoms with Crippen LogP contribution >= 0.6 is 0 Å². The summed E-state index contributed by atoms with van der Waals surface area (Å²) >= 11 is 0. The van der Waals surface area contributed by atoms with E-state index in [0.717, 1.165) is 36.9 Å². The second-order valence-electron chi connectivity index (χ2n) is 6.19. The molecule has 0 radical (unpaired) electrons. The zero-order valence-electron chi connectivity index (χ0n) is 13.6. The van der Waals surface area contributed by atoms with Gasteiger partial charge < -0.3 is 10.4 Å². The quantitative estimate of drug-likeness (QED) is 0.884. The highest BCUT2D eigenvalue weighted by Crippen LogP contribution is 2.34. The third-order valence-corrected chi connectivity index (χ3v) is 4.48. The summed E-state index contributed by atoms with van der Waals surface area (Å²) in [5, 5.41) is 16.0. The molecule has 6 heteroatoms. The van der Waals surface area contributed by atoms with Crippen molar-refractivity contribution in [1.29, 1.82) is 0 Å². The maximum atomic E-state index is 12.6. The van der Waals surface area contributed by atoms with E-state index in [1.807, 2.05) is 35.0 Å². The summed E-state index contributed by atoms with van der Waals surface area (Å²) in [6, 6.07) is 8.99. The van der Waals surface area contributed by atoms with Crippen LogP contribution in [0.1, 0.15) is 49.0 Å². The fourth-order valence-electron chi connectivity index (χ4n) is 3.17. The van der Waals surface area contributed by atoms with Gasteiger partial charge in [0.1, 0.15) is 6.04 Å². The molecule has 0 unspecified atom stereocenters. The molecular weight excluding hydrogens is 306 g/mol. The van der Waals surface area contributed by atoms with Crippen molar-refractivity contribution in [1.82, 2.24) is 15.1 Å². The second kappa shape index (κ2) is 6.86. The van der Waals surface area contributed by atoms with Gasteiger partial charge in [-0.3, -0.25) is 14.3 Å². The smallest absolute Gasteiger partial charge is 0.325 e. The summed E-state index contributed by atoms with van der Waals surface area (Å²) in [6.45, 7) is 1.45. The molecule has 1 saturated carbocycles. The average molecular weight is 327 g/mol. The van der Waals surface area contributed by atoms with E-state index in [1.165, 1.54) is 6.92 Å². The van der Waals surface area contributed by atoms with E-state index in [2.05, 4.69) is 10.4 Å². The molecule has 1 amide bonds. The summed E-state index contributed by atoms with van der Waals surface area (Å²) in [4.78, 5) is 23.6. The van der Waals surface area contributed by atoms with Crippen molar-refractivity contribution in [2.75, 3.05) is 0 Å². The number of nitrogens with one attached hydrogen (secondary N) is 1. The summed E-state index contributed by atoms with van der Waals surface area (Å²) < 4.78 is 1.93. The fourth-order valence-corrected chi connectivity index (χ4v) is 3.17. The first-order valence-electron chi connectivity index (χ1n) is 8.24. The SMILES string of the molecule is C[C@@H](NC(=O)c1cnn(C2CCCC2)c1-c1ccccc1)C(=O)O. The van der Waals surface area contributed by atoms with Gasteiger partial charge in [0.2, 0.25) is 0 Å². The molecular formula is C18H21N3O3. The van der Waals surface area contributed by atoms with Crippen LogP contribution in [0.4, 0.5) is 0 Å². The Bertz CT molecular complexity index is 733. The van der Waals surface area contributed by atoms with E-state index in [1.54, 1.807) is 6.20 Å². The first kappa shape index (κ1) is 16.2. The Morgan fingerprint density at radius 3 is 2.54 bits per heavy atom. The number of carbonyl (C=O) groups excluding carboxylic acids is 1. The number of nitrogens with zero attached hydrogens (tertiary/aromatic N) is 2. The minimum absolute atomic E-state index is 0.290. The molecule has 6 nitrogen and oxygen atoms in total. The first-order chi connectivity index (χ1) is 11.6. The Kier molecular flexibility index (Phi) is 4.64. The number of hydrogen-bond acceptors (Lipinski definition) is 3. The second-order valence-corrected chi connectivity index (χ2v) is 6.19. The molecule has 1 aliphatic rings. The number of aromatic nitrogens is 2. The normalized spacial score (nSPS) is 16.0. The van der Waals surface area contributed by atoms with Crippen molar-refractivity contribution in [3.05, 3.63) is 42.1 Å². The number of carbonyl (C=O) groups is 2. The van der Waals surface area contributed by atoms with Crippen LogP contribution < -0.4 is 5.32 Å². The number of carboxylic acid groups (broad SMARTS) is 1. The minimum Gasteiger partial charge on any atom is -0.480 e. The maximum absolute atomic E-state index is 12.6. The first-order valence-corrected chi connectivity index (χ1v) is 8.24. The van der Waals surface area contributed by atoms with E-state index in [4.69, 9.17) is 5.11 Å². The van der Waals surface area contributed by atoms with Crippen molar-refractivity contribution in [3.8, 4) is 11.3 Å². The molecule has 126 valence electrons. The van der Waals surface area contributed by atoms with Crippen LogP contribution in [0, 0.1) is 0 Å². The van der Waals surface area contributed by atoms with Gasteiger partial charge in [0.15, 0.2) is 0 Å². The summed E-state index contributed by atoms with van der Waals surface area (Å²) in [5.41, 5.74) is 2.09. The predicted molar refractivity (Wildman–Crippen MR) is 89.7 cm³/mol. The Balaban J connectivity index is 2.00. The van der Waals surface area contributed by atoms with Crippen molar-refractivity contribution in [2.24, 2.45) is 0 Å². The monoisotopic (exact) mass is 327 g/mol. The van der Waals surface area contributed by atoms with Gasteiger partial charge in [-0.2, -0.15) is 5.10 Å². The number of rotatable bonds is 5. The molecule has 3 rings (SSSR count). The summed E-state index contributed by atoms with van der Waals surface area (Å²) in [7, 11) is 0. The van der Waals surface area contributed by atoms with Crippen LogP contribution in [0.25, 0.3) is 11.3 Å². The molecule has 0 spiro atoms. The van der Waals surface area contributed by atoms with Crippen molar-refractivity contribution >= 4 is 11.9 Å². The highest BCUT2D eigenvalue weighted by atomic mass is 16.4. The lowest BCUT2D eigenvalue weighted by atomic mass is 10.1. The van der Waals surface area contributed by atoms with E-state index in [9.17, 15) is 9.59 Å². The molecule has 1 aliphatic carbocycles. The van der Waals surface area contributed by atoms with E-state index in [0.29, 0.717) is 11.6 Å². The van der Waals surface area contributed by atoms with Gasteiger partial charge in [-0.25, -0.2) is 0 Å². The third-order valence-electron chi connectivity index (χ3n) is 4.48. The maximum Gasteiger partial charge on any atom is 0.325 e. The Labute approximate surface area is 140 Å². The number of hydrogen-bond donors (Lipinski definition) is 2. The van der Waals surface area contributed by atoms with Gasteiger partial charge in [-0.05, 0) is 19.8 Å². The molecule has 1 atom stereocenters. The topological polar surface area (TPSA) is 84.2 Å². The molecule has 1 aromatic heterocycles. The highest BCUT2D eigenvalue weighted by molar-refractivity contribution is 6.01. The Hall–Kier alpha value is -2.63. The summed E-state index contributed by atoms with van der Waals surface area (Å²) in [6.07, 6.45) is 5.97. The predicted octanol–water partition coefficient (Wildman–Crippen LogP) is 2.87. The fraction of sp³-hybridized carbons (Fsp3) is 0.389. The number of amides is 1. The van der Waals surface area contributed by atoms with Crippen molar-refractivity contribution in [3.63, 3.8) is 0 Å².